The number of rotatable bonds is 1. The minimum atomic E-state index is 0.848. The maximum Gasteiger partial charge on any atom is 0.147 e. The summed E-state index contributed by atoms with van der Waals surface area (Å²) in [6.07, 6.45) is 2.76. The Morgan fingerprint density at radius 2 is 1.87 bits per heavy atom. The summed E-state index contributed by atoms with van der Waals surface area (Å²) >= 11 is 3.46. The number of hydrogen-bond acceptors (Lipinski definition) is 1. The molecular formula is C13H15BrO. The molecule has 0 saturated carbocycles. The first kappa shape index (κ1) is 12.2. The summed E-state index contributed by atoms with van der Waals surface area (Å²) in [5.74, 6) is 0. The molecule has 0 fully saturated rings. The quantitative estimate of drug-likeness (QED) is 0.704. The molecule has 2 heteroatoms. The number of carbonyl (C=O) groups is 1. The van der Waals surface area contributed by atoms with E-state index in [0.717, 1.165) is 34.7 Å². The summed E-state index contributed by atoms with van der Waals surface area (Å²) in [5, 5.41) is 0. The molecular weight excluding hydrogens is 252 g/mol. The Morgan fingerprint density at radius 3 is 2.53 bits per heavy atom. The zero-order valence-electron chi connectivity index (χ0n) is 9.09. The molecule has 80 valence electrons. The predicted molar refractivity (Wildman–Crippen MR) is 68.0 cm³/mol. The van der Waals surface area contributed by atoms with E-state index in [0.29, 0.717) is 0 Å². The Labute approximate surface area is 99.3 Å². The van der Waals surface area contributed by atoms with Gasteiger partial charge in [-0.25, -0.2) is 0 Å². The summed E-state index contributed by atoms with van der Waals surface area (Å²) < 4.78 is 0.962. The lowest BCUT2D eigenvalue weighted by Gasteiger charge is -2.16. The van der Waals surface area contributed by atoms with Crippen LogP contribution in [0.25, 0.3) is 4.48 Å². The van der Waals surface area contributed by atoms with E-state index in [1.165, 1.54) is 5.56 Å². The average molecular weight is 267 g/mol. The van der Waals surface area contributed by atoms with Gasteiger partial charge in [-0.1, -0.05) is 38.1 Å². The van der Waals surface area contributed by atoms with Gasteiger partial charge in [0.05, 0.1) is 0 Å². The Balaban J connectivity index is 0.000000531. The summed E-state index contributed by atoms with van der Waals surface area (Å²) in [7, 11) is 0. The van der Waals surface area contributed by atoms with Crippen molar-refractivity contribution < 1.29 is 4.79 Å². The third-order valence-corrected chi connectivity index (χ3v) is 3.28. The molecule has 1 aliphatic carbocycles. The van der Waals surface area contributed by atoms with E-state index in [4.69, 9.17) is 0 Å². The van der Waals surface area contributed by atoms with Crippen molar-refractivity contribution in [3.05, 3.63) is 41.0 Å². The van der Waals surface area contributed by atoms with Crippen LogP contribution in [0.4, 0.5) is 0 Å². The highest BCUT2D eigenvalue weighted by Crippen LogP contribution is 2.34. The normalized spacial score (nSPS) is 13.8. The molecule has 0 N–H and O–H groups in total. The summed E-state index contributed by atoms with van der Waals surface area (Å²) in [6.45, 7) is 4.00. The Morgan fingerprint density at radius 1 is 1.20 bits per heavy atom. The molecule has 0 saturated heterocycles. The molecule has 0 aromatic heterocycles. The average Bonchev–Trinajstić information content (AvgIpc) is 2.33. The highest BCUT2D eigenvalue weighted by atomic mass is 79.9. The van der Waals surface area contributed by atoms with Crippen molar-refractivity contribution >= 4 is 26.7 Å². The maximum atomic E-state index is 10.7. The molecule has 1 aromatic carbocycles. The first-order valence-corrected chi connectivity index (χ1v) is 6.04. The van der Waals surface area contributed by atoms with E-state index in [9.17, 15) is 4.79 Å². The van der Waals surface area contributed by atoms with Crippen molar-refractivity contribution in [2.45, 2.75) is 26.7 Å². The van der Waals surface area contributed by atoms with Crippen LogP contribution < -0.4 is 0 Å². The van der Waals surface area contributed by atoms with Gasteiger partial charge in [0.2, 0.25) is 0 Å². The van der Waals surface area contributed by atoms with Crippen molar-refractivity contribution in [1.82, 2.24) is 0 Å². The van der Waals surface area contributed by atoms with E-state index in [-0.39, 0.29) is 0 Å². The molecule has 0 bridgehead atoms. The number of halogens is 1. The molecule has 1 aliphatic rings. The monoisotopic (exact) mass is 266 g/mol. The number of benzene rings is 1. The molecule has 0 atom stereocenters. The number of aldehydes is 1. The molecule has 0 aliphatic heterocycles. The molecule has 0 amide bonds. The van der Waals surface area contributed by atoms with Gasteiger partial charge in [0, 0.05) is 10.1 Å². The van der Waals surface area contributed by atoms with Crippen LogP contribution in [0, 0.1) is 0 Å². The fourth-order valence-corrected chi connectivity index (χ4v) is 2.29. The van der Waals surface area contributed by atoms with Crippen LogP contribution in [0.2, 0.25) is 0 Å². The van der Waals surface area contributed by atoms with Gasteiger partial charge in [0.15, 0.2) is 0 Å². The van der Waals surface area contributed by atoms with Gasteiger partial charge in [0.25, 0.3) is 0 Å². The second-order valence-corrected chi connectivity index (χ2v) is 3.91. The van der Waals surface area contributed by atoms with Crippen molar-refractivity contribution in [3.63, 3.8) is 0 Å². The van der Waals surface area contributed by atoms with E-state index in [2.05, 4.69) is 22.0 Å². The van der Waals surface area contributed by atoms with Crippen molar-refractivity contribution in [2.75, 3.05) is 0 Å². The van der Waals surface area contributed by atoms with Gasteiger partial charge in [-0.3, -0.25) is 4.79 Å². The lowest BCUT2D eigenvalue weighted by atomic mass is 9.93. The first-order valence-electron chi connectivity index (χ1n) is 5.25. The van der Waals surface area contributed by atoms with Crippen molar-refractivity contribution in [1.29, 1.82) is 0 Å². The zero-order valence-corrected chi connectivity index (χ0v) is 10.7. The lowest BCUT2D eigenvalue weighted by molar-refractivity contribution is -0.105. The fraction of sp³-hybridized carbons (Fsp3) is 0.308. The van der Waals surface area contributed by atoms with E-state index in [1.807, 2.05) is 32.0 Å². The summed E-state index contributed by atoms with van der Waals surface area (Å²) in [4.78, 5) is 10.7. The van der Waals surface area contributed by atoms with Crippen LogP contribution >= 0.6 is 15.9 Å². The number of fused-ring (bicyclic) bond motifs is 1. The topological polar surface area (TPSA) is 17.1 Å². The second kappa shape index (κ2) is 5.86. The van der Waals surface area contributed by atoms with Crippen LogP contribution in [-0.4, -0.2) is 6.29 Å². The van der Waals surface area contributed by atoms with E-state index >= 15 is 0 Å². The molecule has 15 heavy (non-hydrogen) atoms. The van der Waals surface area contributed by atoms with Crippen molar-refractivity contribution in [3.8, 4) is 0 Å². The molecule has 0 spiro atoms. The van der Waals surface area contributed by atoms with Gasteiger partial charge >= 0.3 is 0 Å². The van der Waals surface area contributed by atoms with Gasteiger partial charge in [-0.15, -0.1) is 0 Å². The predicted octanol–water partition coefficient (Wildman–Crippen LogP) is 3.96. The van der Waals surface area contributed by atoms with Crippen LogP contribution in [0.15, 0.2) is 29.8 Å². The van der Waals surface area contributed by atoms with Gasteiger partial charge < -0.3 is 0 Å². The second-order valence-electron chi connectivity index (χ2n) is 3.11. The van der Waals surface area contributed by atoms with Gasteiger partial charge in [0.1, 0.15) is 6.29 Å². The van der Waals surface area contributed by atoms with Crippen LogP contribution in [0.3, 0.4) is 0 Å². The number of allylic oxidation sites excluding steroid dienone is 1. The Bertz CT molecular complexity index is 380. The molecule has 0 radical (unpaired) electrons. The van der Waals surface area contributed by atoms with Crippen molar-refractivity contribution in [2.24, 2.45) is 0 Å². The molecule has 1 aromatic rings. The Kier molecular flexibility index (Phi) is 4.76. The molecule has 1 nitrogen and oxygen atoms in total. The number of aryl methyl sites for hydroxylation is 1. The van der Waals surface area contributed by atoms with E-state index in [1.54, 1.807) is 0 Å². The van der Waals surface area contributed by atoms with Crippen LogP contribution in [0.1, 0.15) is 31.4 Å². The first-order chi connectivity index (χ1) is 7.33. The Hall–Kier alpha value is -0.890. The van der Waals surface area contributed by atoms with E-state index < -0.39 is 0 Å². The van der Waals surface area contributed by atoms with Gasteiger partial charge in [-0.05, 0) is 39.9 Å². The largest absolute Gasteiger partial charge is 0.298 e. The molecule has 2 rings (SSSR count). The summed E-state index contributed by atoms with van der Waals surface area (Å²) in [6, 6.07) is 8.18. The third kappa shape index (κ3) is 2.57. The summed E-state index contributed by atoms with van der Waals surface area (Å²) in [5.41, 5.74) is 3.36. The third-order valence-electron chi connectivity index (χ3n) is 2.34. The maximum absolute atomic E-state index is 10.7. The standard InChI is InChI=1S/C11H9BrO.C2H6/c12-11-9(7-13)6-5-8-3-1-2-4-10(8)11;1-2/h1-4,7H,5-6H2;1-2H3. The highest BCUT2D eigenvalue weighted by molar-refractivity contribution is 9.15. The number of hydrogen-bond donors (Lipinski definition) is 0. The zero-order chi connectivity index (χ0) is 11.3. The number of carbonyl (C=O) groups excluding carboxylic acids is 1. The van der Waals surface area contributed by atoms with Gasteiger partial charge in [-0.2, -0.15) is 0 Å². The smallest absolute Gasteiger partial charge is 0.147 e. The molecule has 0 heterocycles. The lowest BCUT2D eigenvalue weighted by Crippen LogP contribution is -2.02. The van der Waals surface area contributed by atoms with Crippen LogP contribution in [0.5, 0.6) is 0 Å². The SMILES string of the molecule is CC.O=CC1=C(Br)c2ccccc2CC1. The molecule has 0 unspecified atom stereocenters. The highest BCUT2D eigenvalue weighted by Gasteiger charge is 2.15. The fourth-order valence-electron chi connectivity index (χ4n) is 1.62. The minimum Gasteiger partial charge on any atom is -0.298 e. The minimum absolute atomic E-state index is 0.848. The van der Waals surface area contributed by atoms with Crippen LogP contribution in [-0.2, 0) is 11.2 Å².